The molecule has 0 atom stereocenters. The van der Waals surface area contributed by atoms with E-state index < -0.39 is 5.97 Å². The number of carboxylic acid groups (broad SMARTS) is 1. The number of thiophene rings is 1. The van der Waals surface area contributed by atoms with Gasteiger partial charge in [0, 0.05) is 22.6 Å². The van der Waals surface area contributed by atoms with Gasteiger partial charge in [-0.05, 0) is 48.3 Å². The van der Waals surface area contributed by atoms with E-state index in [9.17, 15) is 9.59 Å². The zero-order valence-electron chi connectivity index (χ0n) is 10.1. The van der Waals surface area contributed by atoms with Crippen molar-refractivity contribution < 1.29 is 14.7 Å². The van der Waals surface area contributed by atoms with Crippen LogP contribution >= 0.6 is 27.3 Å². The Morgan fingerprint density at radius 2 is 2.00 bits per heavy atom. The number of carboxylic acids is 1. The maximum absolute atomic E-state index is 11.6. The van der Waals surface area contributed by atoms with Gasteiger partial charge in [-0.2, -0.15) is 0 Å². The van der Waals surface area contributed by atoms with Crippen LogP contribution in [0.5, 0.6) is 0 Å². The summed E-state index contributed by atoms with van der Waals surface area (Å²) in [6, 6.07) is 3.95. The predicted octanol–water partition coefficient (Wildman–Crippen LogP) is 2.59. The molecule has 1 heterocycles. The number of halogens is 1. The van der Waals surface area contributed by atoms with E-state index >= 15 is 0 Å². The lowest BCUT2D eigenvalue weighted by Gasteiger charge is -2.06. The van der Waals surface area contributed by atoms with Gasteiger partial charge in [-0.25, -0.2) is 4.79 Å². The fraction of sp³-hybridized carbons (Fsp3) is 0.333. The topological polar surface area (TPSA) is 66.4 Å². The second-order valence-electron chi connectivity index (χ2n) is 3.77. The number of hydrogen-bond acceptors (Lipinski definition) is 3. The molecule has 0 fully saturated rings. The highest BCUT2D eigenvalue weighted by Gasteiger charge is 2.12. The largest absolute Gasteiger partial charge is 0.478 e. The third-order valence-electron chi connectivity index (χ3n) is 2.51. The van der Waals surface area contributed by atoms with Crippen molar-refractivity contribution in [1.82, 2.24) is 5.32 Å². The smallest absolute Gasteiger partial charge is 0.331 e. The average molecular weight is 332 g/mol. The molecule has 0 saturated heterocycles. The number of hydrogen-bond donors (Lipinski definition) is 2. The molecule has 4 nitrogen and oxygen atoms in total. The van der Waals surface area contributed by atoms with Gasteiger partial charge in [-0.3, -0.25) is 4.79 Å². The van der Waals surface area contributed by atoms with Gasteiger partial charge in [0.25, 0.3) is 0 Å². The summed E-state index contributed by atoms with van der Waals surface area (Å²) in [4.78, 5) is 23.5. The average Bonchev–Trinajstić information content (AvgIpc) is 2.72. The monoisotopic (exact) mass is 331 g/mol. The molecule has 1 amide bonds. The lowest BCUT2D eigenvalue weighted by molar-refractivity contribution is -0.133. The first-order chi connectivity index (χ1) is 8.41. The number of rotatable bonds is 5. The Morgan fingerprint density at radius 1 is 1.33 bits per heavy atom. The molecule has 0 aromatic carbocycles. The van der Waals surface area contributed by atoms with Crippen LogP contribution < -0.4 is 5.32 Å². The zero-order chi connectivity index (χ0) is 13.7. The van der Waals surface area contributed by atoms with Gasteiger partial charge in [-0.1, -0.05) is 0 Å². The van der Waals surface area contributed by atoms with Crippen molar-refractivity contribution in [3.05, 3.63) is 31.9 Å². The van der Waals surface area contributed by atoms with Gasteiger partial charge < -0.3 is 10.4 Å². The van der Waals surface area contributed by atoms with E-state index in [1.165, 1.54) is 18.7 Å². The molecule has 98 valence electrons. The molecule has 0 radical (unpaired) electrons. The highest BCUT2D eigenvalue weighted by Crippen LogP contribution is 2.22. The van der Waals surface area contributed by atoms with Crippen LogP contribution in [0.4, 0.5) is 0 Å². The van der Waals surface area contributed by atoms with Crippen LogP contribution in [-0.4, -0.2) is 23.5 Å². The van der Waals surface area contributed by atoms with E-state index in [2.05, 4.69) is 21.2 Å². The zero-order valence-corrected chi connectivity index (χ0v) is 12.5. The SMILES string of the molecule is C/C(C(=O)O)=C(/C)C(=O)NCCc1ccc(Br)s1. The number of carbonyl (C=O) groups excluding carboxylic acids is 1. The molecule has 0 aliphatic carbocycles. The predicted molar refractivity (Wildman–Crippen MR) is 74.7 cm³/mol. The van der Waals surface area contributed by atoms with Crippen molar-refractivity contribution >= 4 is 39.1 Å². The quantitative estimate of drug-likeness (QED) is 0.815. The van der Waals surface area contributed by atoms with Crippen LogP contribution in [0, 0.1) is 0 Å². The van der Waals surface area contributed by atoms with Crippen LogP contribution in [-0.2, 0) is 16.0 Å². The molecule has 0 bridgehead atoms. The summed E-state index contributed by atoms with van der Waals surface area (Å²) in [5, 5.41) is 11.5. The lowest BCUT2D eigenvalue weighted by Crippen LogP contribution is -2.27. The molecule has 1 rings (SSSR count). The Labute approximate surface area is 118 Å². The third kappa shape index (κ3) is 4.27. The van der Waals surface area contributed by atoms with Gasteiger partial charge in [-0.15, -0.1) is 11.3 Å². The van der Waals surface area contributed by atoms with E-state index in [1.807, 2.05) is 12.1 Å². The molecule has 18 heavy (non-hydrogen) atoms. The van der Waals surface area contributed by atoms with Gasteiger partial charge in [0.15, 0.2) is 0 Å². The van der Waals surface area contributed by atoms with Gasteiger partial charge >= 0.3 is 5.97 Å². The van der Waals surface area contributed by atoms with Gasteiger partial charge in [0.2, 0.25) is 5.91 Å². The lowest BCUT2D eigenvalue weighted by atomic mass is 10.1. The van der Waals surface area contributed by atoms with Crippen LogP contribution in [0.15, 0.2) is 27.1 Å². The second-order valence-corrected chi connectivity index (χ2v) is 6.31. The maximum Gasteiger partial charge on any atom is 0.331 e. The molecule has 1 aromatic rings. The van der Waals surface area contributed by atoms with Crippen LogP contribution in [0.3, 0.4) is 0 Å². The van der Waals surface area contributed by atoms with E-state index in [4.69, 9.17) is 5.11 Å². The first kappa shape index (κ1) is 14.9. The first-order valence-electron chi connectivity index (χ1n) is 5.35. The molecule has 2 N–H and O–H groups in total. The summed E-state index contributed by atoms with van der Waals surface area (Å²) >= 11 is 4.99. The molecule has 0 saturated carbocycles. The maximum atomic E-state index is 11.6. The van der Waals surface area contributed by atoms with Crippen LogP contribution in [0.2, 0.25) is 0 Å². The molecule has 0 aliphatic rings. The molecule has 0 unspecified atom stereocenters. The number of amides is 1. The minimum atomic E-state index is -1.06. The highest BCUT2D eigenvalue weighted by molar-refractivity contribution is 9.11. The summed E-state index contributed by atoms with van der Waals surface area (Å²) in [6.45, 7) is 3.43. The van der Waals surface area contributed by atoms with Crippen LogP contribution in [0.1, 0.15) is 18.7 Å². The summed E-state index contributed by atoms with van der Waals surface area (Å²) in [7, 11) is 0. The van der Waals surface area contributed by atoms with E-state index in [0.29, 0.717) is 6.54 Å². The number of nitrogens with one attached hydrogen (secondary N) is 1. The summed E-state index contributed by atoms with van der Waals surface area (Å²) in [5.41, 5.74) is 0.321. The van der Waals surface area contributed by atoms with E-state index in [-0.39, 0.29) is 17.1 Å². The summed E-state index contributed by atoms with van der Waals surface area (Å²) in [5.74, 6) is -1.39. The normalized spacial score (nSPS) is 11.9. The fourth-order valence-corrected chi connectivity index (χ4v) is 2.73. The van der Waals surface area contributed by atoms with Crippen molar-refractivity contribution in [3.63, 3.8) is 0 Å². The summed E-state index contributed by atoms with van der Waals surface area (Å²) in [6.07, 6.45) is 0.738. The first-order valence-corrected chi connectivity index (χ1v) is 6.96. The number of carbonyl (C=O) groups is 2. The summed E-state index contributed by atoms with van der Waals surface area (Å²) < 4.78 is 1.06. The molecule has 6 heteroatoms. The molecule has 0 spiro atoms. The van der Waals surface area contributed by atoms with Crippen molar-refractivity contribution in [2.45, 2.75) is 20.3 Å². The minimum Gasteiger partial charge on any atom is -0.478 e. The van der Waals surface area contributed by atoms with Gasteiger partial charge in [0.1, 0.15) is 0 Å². The minimum absolute atomic E-state index is 0.0753. The van der Waals surface area contributed by atoms with E-state index in [1.54, 1.807) is 11.3 Å². The van der Waals surface area contributed by atoms with Crippen molar-refractivity contribution in [2.75, 3.05) is 6.54 Å². The Balaban J connectivity index is 2.47. The Bertz CT molecular complexity index is 493. The second kappa shape index (κ2) is 6.70. The van der Waals surface area contributed by atoms with Gasteiger partial charge in [0.05, 0.1) is 3.79 Å². The number of aliphatic carboxylic acids is 1. The molecular weight excluding hydrogens is 318 g/mol. The standard InChI is InChI=1S/C12H14BrNO3S/c1-7(8(2)12(16)17)11(15)14-6-5-9-3-4-10(13)18-9/h3-4H,5-6H2,1-2H3,(H,14,15)(H,16,17)/b8-7+. The highest BCUT2D eigenvalue weighted by atomic mass is 79.9. The fourth-order valence-electron chi connectivity index (χ4n) is 1.25. The Kier molecular flexibility index (Phi) is 5.55. The van der Waals surface area contributed by atoms with E-state index in [0.717, 1.165) is 10.2 Å². The molecular formula is C12H14BrNO3S. The Hall–Kier alpha value is -1.14. The third-order valence-corrected chi connectivity index (χ3v) is 4.19. The Morgan fingerprint density at radius 3 is 2.50 bits per heavy atom. The van der Waals surface area contributed by atoms with Crippen LogP contribution in [0.25, 0.3) is 0 Å². The van der Waals surface area contributed by atoms with Crippen molar-refractivity contribution in [2.24, 2.45) is 0 Å². The molecule has 0 aliphatic heterocycles. The molecule has 1 aromatic heterocycles. The van der Waals surface area contributed by atoms with Crippen molar-refractivity contribution in [3.8, 4) is 0 Å². The van der Waals surface area contributed by atoms with Crippen molar-refractivity contribution in [1.29, 1.82) is 0 Å².